The SMILES string of the molecule is CCCn1ccc2nc(Cl)nc(Cl)c21. The highest BCUT2D eigenvalue weighted by Crippen LogP contribution is 2.23. The van der Waals surface area contributed by atoms with Crippen LogP contribution in [0.3, 0.4) is 0 Å². The average Bonchev–Trinajstić information content (AvgIpc) is 2.49. The molecule has 2 aromatic heterocycles. The summed E-state index contributed by atoms with van der Waals surface area (Å²) in [6.07, 6.45) is 2.99. The third kappa shape index (κ3) is 1.57. The van der Waals surface area contributed by atoms with Crippen LogP contribution in [0.15, 0.2) is 12.3 Å². The molecule has 2 heterocycles. The third-order valence-electron chi connectivity index (χ3n) is 2.01. The fourth-order valence-corrected chi connectivity index (χ4v) is 1.97. The molecule has 5 heteroatoms. The van der Waals surface area contributed by atoms with E-state index in [1.165, 1.54) is 0 Å². The van der Waals surface area contributed by atoms with E-state index in [1.807, 2.05) is 16.8 Å². The molecular formula is C9H9Cl2N3. The van der Waals surface area contributed by atoms with Gasteiger partial charge in [-0.15, -0.1) is 0 Å². The van der Waals surface area contributed by atoms with E-state index in [-0.39, 0.29) is 5.28 Å². The first-order chi connectivity index (χ1) is 6.72. The number of nitrogens with zero attached hydrogens (tertiary/aromatic N) is 3. The predicted octanol–water partition coefficient (Wildman–Crippen LogP) is 3.15. The molecule has 0 saturated carbocycles. The molecule has 0 unspecified atom stereocenters. The van der Waals surface area contributed by atoms with Crippen molar-refractivity contribution in [3.8, 4) is 0 Å². The van der Waals surface area contributed by atoms with Crippen molar-refractivity contribution < 1.29 is 0 Å². The van der Waals surface area contributed by atoms with Crippen molar-refractivity contribution >= 4 is 34.2 Å². The highest BCUT2D eigenvalue weighted by Gasteiger charge is 2.08. The molecule has 2 rings (SSSR count). The van der Waals surface area contributed by atoms with E-state index in [2.05, 4.69) is 16.9 Å². The topological polar surface area (TPSA) is 30.7 Å². The molecular weight excluding hydrogens is 221 g/mol. The van der Waals surface area contributed by atoms with Gasteiger partial charge in [-0.3, -0.25) is 0 Å². The van der Waals surface area contributed by atoms with Crippen LogP contribution in [-0.4, -0.2) is 14.5 Å². The highest BCUT2D eigenvalue weighted by molar-refractivity contribution is 6.35. The number of rotatable bonds is 2. The molecule has 0 N–H and O–H groups in total. The summed E-state index contributed by atoms with van der Waals surface area (Å²) >= 11 is 11.7. The van der Waals surface area contributed by atoms with Crippen LogP contribution in [0.25, 0.3) is 11.0 Å². The molecule has 0 atom stereocenters. The summed E-state index contributed by atoms with van der Waals surface area (Å²) in [7, 11) is 0. The molecule has 0 radical (unpaired) electrons. The van der Waals surface area contributed by atoms with Crippen molar-refractivity contribution in [3.05, 3.63) is 22.7 Å². The van der Waals surface area contributed by atoms with Gasteiger partial charge in [-0.1, -0.05) is 18.5 Å². The minimum Gasteiger partial charge on any atom is -0.344 e. The normalized spacial score (nSPS) is 11.1. The molecule has 0 amide bonds. The Morgan fingerprint density at radius 3 is 2.86 bits per heavy atom. The molecule has 74 valence electrons. The number of hydrogen-bond acceptors (Lipinski definition) is 2. The number of hydrogen-bond donors (Lipinski definition) is 0. The number of aryl methyl sites for hydroxylation is 1. The maximum Gasteiger partial charge on any atom is 0.224 e. The van der Waals surface area contributed by atoms with Gasteiger partial charge in [-0.25, -0.2) is 9.97 Å². The molecule has 2 aromatic rings. The second-order valence-corrected chi connectivity index (χ2v) is 3.72. The second-order valence-electron chi connectivity index (χ2n) is 3.03. The van der Waals surface area contributed by atoms with E-state index < -0.39 is 0 Å². The van der Waals surface area contributed by atoms with Crippen LogP contribution >= 0.6 is 23.2 Å². The molecule has 0 aliphatic carbocycles. The van der Waals surface area contributed by atoms with Gasteiger partial charge in [0.15, 0.2) is 5.15 Å². The van der Waals surface area contributed by atoms with Crippen molar-refractivity contribution in [2.24, 2.45) is 0 Å². The molecule has 0 saturated heterocycles. The fourth-order valence-electron chi connectivity index (χ4n) is 1.46. The Morgan fingerprint density at radius 2 is 2.14 bits per heavy atom. The lowest BCUT2D eigenvalue weighted by molar-refractivity contribution is 0.702. The van der Waals surface area contributed by atoms with Crippen molar-refractivity contribution in [1.29, 1.82) is 0 Å². The zero-order chi connectivity index (χ0) is 10.1. The summed E-state index contributed by atoms with van der Waals surface area (Å²) < 4.78 is 2.04. The summed E-state index contributed by atoms with van der Waals surface area (Å²) in [5.74, 6) is 0. The average molecular weight is 230 g/mol. The minimum atomic E-state index is 0.191. The summed E-state index contributed by atoms with van der Waals surface area (Å²) in [5, 5.41) is 0.607. The molecule has 14 heavy (non-hydrogen) atoms. The van der Waals surface area contributed by atoms with E-state index >= 15 is 0 Å². The van der Waals surface area contributed by atoms with Gasteiger partial charge >= 0.3 is 0 Å². The minimum absolute atomic E-state index is 0.191. The van der Waals surface area contributed by atoms with Gasteiger partial charge in [0.25, 0.3) is 0 Å². The molecule has 0 aliphatic heterocycles. The third-order valence-corrected chi connectivity index (χ3v) is 2.44. The van der Waals surface area contributed by atoms with Gasteiger partial charge in [0.2, 0.25) is 5.28 Å². The molecule has 0 fully saturated rings. The Morgan fingerprint density at radius 1 is 1.36 bits per heavy atom. The monoisotopic (exact) mass is 229 g/mol. The van der Waals surface area contributed by atoms with Gasteiger partial charge in [0.1, 0.15) is 5.52 Å². The fraction of sp³-hybridized carbons (Fsp3) is 0.333. The van der Waals surface area contributed by atoms with Crippen molar-refractivity contribution in [2.45, 2.75) is 19.9 Å². The second kappa shape index (κ2) is 3.75. The van der Waals surface area contributed by atoms with Crippen LogP contribution in [0, 0.1) is 0 Å². The van der Waals surface area contributed by atoms with Crippen molar-refractivity contribution in [3.63, 3.8) is 0 Å². The maximum atomic E-state index is 5.99. The van der Waals surface area contributed by atoms with Gasteiger partial charge in [0, 0.05) is 12.7 Å². The van der Waals surface area contributed by atoms with Crippen LogP contribution in [-0.2, 0) is 6.54 Å². The molecule has 0 aliphatic rings. The van der Waals surface area contributed by atoms with Gasteiger partial charge in [-0.2, -0.15) is 0 Å². The standard InChI is InChI=1S/C9H9Cl2N3/c1-2-4-14-5-3-6-7(14)8(10)13-9(11)12-6/h3,5H,2,4H2,1H3. The molecule has 0 spiro atoms. The first-order valence-corrected chi connectivity index (χ1v) is 5.16. The van der Waals surface area contributed by atoms with Crippen LogP contribution in [0.5, 0.6) is 0 Å². The summed E-state index contributed by atoms with van der Waals surface area (Å²) in [6, 6.07) is 1.89. The zero-order valence-corrected chi connectivity index (χ0v) is 9.18. The Kier molecular flexibility index (Phi) is 2.61. The Hall–Kier alpha value is -0.800. The first kappa shape index (κ1) is 9.74. The predicted molar refractivity (Wildman–Crippen MR) is 57.8 cm³/mol. The number of halogens is 2. The first-order valence-electron chi connectivity index (χ1n) is 4.40. The number of aromatic nitrogens is 3. The van der Waals surface area contributed by atoms with Crippen LogP contribution in [0.2, 0.25) is 10.4 Å². The highest BCUT2D eigenvalue weighted by atomic mass is 35.5. The largest absolute Gasteiger partial charge is 0.344 e. The quantitative estimate of drug-likeness (QED) is 0.586. The van der Waals surface area contributed by atoms with E-state index in [9.17, 15) is 0 Å². The van der Waals surface area contributed by atoms with E-state index in [0.29, 0.717) is 5.15 Å². The van der Waals surface area contributed by atoms with Crippen LogP contribution < -0.4 is 0 Å². The van der Waals surface area contributed by atoms with Crippen LogP contribution in [0.4, 0.5) is 0 Å². The summed E-state index contributed by atoms with van der Waals surface area (Å²) in [4.78, 5) is 8.00. The summed E-state index contributed by atoms with van der Waals surface area (Å²) in [5.41, 5.74) is 1.65. The van der Waals surface area contributed by atoms with Gasteiger partial charge in [0.05, 0.1) is 5.52 Å². The molecule has 3 nitrogen and oxygen atoms in total. The Bertz CT molecular complexity index is 464. The lowest BCUT2D eigenvalue weighted by Crippen LogP contribution is -1.96. The smallest absolute Gasteiger partial charge is 0.224 e. The number of fused-ring (bicyclic) bond motifs is 1. The Balaban J connectivity index is 2.66. The maximum absolute atomic E-state index is 5.99. The van der Waals surface area contributed by atoms with E-state index in [4.69, 9.17) is 23.2 Å². The van der Waals surface area contributed by atoms with Crippen molar-refractivity contribution in [1.82, 2.24) is 14.5 Å². The van der Waals surface area contributed by atoms with Gasteiger partial charge in [-0.05, 0) is 24.1 Å². The lowest BCUT2D eigenvalue weighted by Gasteiger charge is -2.03. The summed E-state index contributed by atoms with van der Waals surface area (Å²) in [6.45, 7) is 3.02. The Labute approximate surface area is 91.7 Å². The zero-order valence-electron chi connectivity index (χ0n) is 7.67. The van der Waals surface area contributed by atoms with Gasteiger partial charge < -0.3 is 4.57 Å². The van der Waals surface area contributed by atoms with Crippen molar-refractivity contribution in [2.75, 3.05) is 0 Å². The van der Waals surface area contributed by atoms with Crippen LogP contribution in [0.1, 0.15) is 13.3 Å². The lowest BCUT2D eigenvalue weighted by atomic mass is 10.4. The molecule has 0 bridgehead atoms. The van der Waals surface area contributed by atoms with E-state index in [0.717, 1.165) is 24.0 Å². The van der Waals surface area contributed by atoms with E-state index in [1.54, 1.807) is 0 Å². The molecule has 0 aromatic carbocycles.